The lowest BCUT2D eigenvalue weighted by Gasteiger charge is -1.89. The van der Waals surface area contributed by atoms with Crippen LogP contribution in [0.5, 0.6) is 0 Å². The Bertz CT molecular complexity index is 315. The number of nitrogens with two attached hydrogens (primary N) is 1. The molecule has 1 rings (SSSR count). The lowest BCUT2D eigenvalue weighted by molar-refractivity contribution is 0.162. The molecule has 0 aromatic carbocycles. The number of hydrogen-bond acceptors (Lipinski definition) is 5. The topological polar surface area (TPSA) is 101 Å². The third-order valence-electron chi connectivity index (χ3n) is 1.20. The number of rotatable bonds is 2. The van der Waals surface area contributed by atoms with Crippen LogP contribution in [0.2, 0.25) is 0 Å². The largest absolute Gasteiger partial charge is 0.400 e. The second-order valence-corrected chi connectivity index (χ2v) is 2.23. The molecule has 0 aliphatic carbocycles. The quantitative estimate of drug-likeness (QED) is 0.677. The standard InChI is InChI=1S/C4H4FN3O.C4H10O.CH4O/c5-2-1-7-4(9)8-3(2)6;1-3-5-4-2;1-2/h1H,(H3,6,7,8,9);3-4H2,1-2H3;2H,1H3. The second kappa shape index (κ2) is 11.6. The molecule has 0 radical (unpaired) electrons. The van der Waals surface area contributed by atoms with Crippen LogP contribution in [0.1, 0.15) is 13.8 Å². The minimum Gasteiger partial charge on any atom is -0.400 e. The molecule has 1 heterocycles. The lowest BCUT2D eigenvalue weighted by atomic mass is 10.6. The molecule has 4 N–H and O–H groups in total. The van der Waals surface area contributed by atoms with Gasteiger partial charge < -0.3 is 15.6 Å². The van der Waals surface area contributed by atoms with Crippen LogP contribution < -0.4 is 11.4 Å². The van der Waals surface area contributed by atoms with Crippen LogP contribution in [0.15, 0.2) is 11.0 Å². The first-order chi connectivity index (χ1) is 7.61. The van der Waals surface area contributed by atoms with Crippen LogP contribution in [0.25, 0.3) is 0 Å². The van der Waals surface area contributed by atoms with Gasteiger partial charge in [-0.15, -0.1) is 0 Å². The fourth-order valence-electron chi connectivity index (χ4n) is 0.596. The number of nitrogens with one attached hydrogen (secondary N) is 1. The summed E-state index contributed by atoms with van der Waals surface area (Å²) in [6.45, 7) is 5.67. The maximum atomic E-state index is 12.1. The summed E-state index contributed by atoms with van der Waals surface area (Å²) in [7, 11) is 1.00. The van der Waals surface area contributed by atoms with Crippen molar-refractivity contribution in [1.29, 1.82) is 0 Å². The molecule has 0 saturated heterocycles. The predicted molar refractivity (Wildman–Crippen MR) is 59.5 cm³/mol. The molecule has 0 bridgehead atoms. The molecule has 94 valence electrons. The Morgan fingerprint density at radius 2 is 2.00 bits per heavy atom. The van der Waals surface area contributed by atoms with Crippen molar-refractivity contribution in [3.63, 3.8) is 0 Å². The predicted octanol–water partition coefficient (Wildman–Crippen LogP) is 0.142. The summed E-state index contributed by atoms with van der Waals surface area (Å²) in [4.78, 5) is 15.3. The van der Waals surface area contributed by atoms with Crippen LogP contribution in [0, 0.1) is 5.82 Å². The molecular formula is C9H18FN3O3. The number of aromatic amines is 1. The second-order valence-electron chi connectivity index (χ2n) is 2.23. The van der Waals surface area contributed by atoms with Gasteiger partial charge in [0.15, 0.2) is 5.82 Å². The van der Waals surface area contributed by atoms with E-state index in [0.29, 0.717) is 0 Å². The third-order valence-corrected chi connectivity index (χ3v) is 1.20. The van der Waals surface area contributed by atoms with E-state index in [1.165, 1.54) is 0 Å². The monoisotopic (exact) mass is 235 g/mol. The van der Waals surface area contributed by atoms with Gasteiger partial charge >= 0.3 is 5.69 Å². The van der Waals surface area contributed by atoms with Gasteiger partial charge in [0.25, 0.3) is 0 Å². The van der Waals surface area contributed by atoms with Crippen LogP contribution in [0.4, 0.5) is 10.2 Å². The van der Waals surface area contributed by atoms with Gasteiger partial charge in [-0.2, -0.15) is 4.98 Å². The zero-order valence-electron chi connectivity index (χ0n) is 9.66. The van der Waals surface area contributed by atoms with Gasteiger partial charge in [-0.05, 0) is 13.8 Å². The van der Waals surface area contributed by atoms with E-state index in [1.54, 1.807) is 0 Å². The molecule has 0 aliphatic heterocycles. The first-order valence-electron chi connectivity index (χ1n) is 4.64. The van der Waals surface area contributed by atoms with Crippen LogP contribution >= 0.6 is 0 Å². The summed E-state index contributed by atoms with van der Waals surface area (Å²) >= 11 is 0. The number of H-pyrrole nitrogens is 1. The minimum atomic E-state index is -0.713. The summed E-state index contributed by atoms with van der Waals surface area (Å²) < 4.78 is 17.0. The molecule has 1 aromatic heterocycles. The van der Waals surface area contributed by atoms with Gasteiger partial charge in [-0.3, -0.25) is 4.98 Å². The highest BCUT2D eigenvalue weighted by Gasteiger charge is 1.95. The van der Waals surface area contributed by atoms with E-state index in [4.69, 9.17) is 15.6 Å². The molecule has 0 fully saturated rings. The first kappa shape index (κ1) is 16.9. The van der Waals surface area contributed by atoms with Gasteiger partial charge in [-0.1, -0.05) is 0 Å². The van der Waals surface area contributed by atoms with Crippen molar-refractivity contribution in [3.8, 4) is 0 Å². The normalized spacial score (nSPS) is 8.31. The maximum absolute atomic E-state index is 12.1. The van der Waals surface area contributed by atoms with Gasteiger partial charge in [0.05, 0.1) is 6.20 Å². The van der Waals surface area contributed by atoms with Gasteiger partial charge in [0, 0.05) is 20.3 Å². The van der Waals surface area contributed by atoms with E-state index in [2.05, 4.69) is 4.98 Å². The highest BCUT2D eigenvalue weighted by molar-refractivity contribution is 5.25. The number of aliphatic hydroxyl groups is 1. The summed E-state index contributed by atoms with van der Waals surface area (Å²) in [6.07, 6.45) is 0.772. The van der Waals surface area contributed by atoms with E-state index in [0.717, 1.165) is 26.5 Å². The van der Waals surface area contributed by atoms with Crippen molar-refractivity contribution in [1.82, 2.24) is 9.97 Å². The maximum Gasteiger partial charge on any atom is 0.346 e. The number of nitrogens with zero attached hydrogens (tertiary/aromatic N) is 1. The van der Waals surface area contributed by atoms with Gasteiger partial charge in [0.1, 0.15) is 5.82 Å². The fourth-order valence-corrected chi connectivity index (χ4v) is 0.596. The average molecular weight is 235 g/mol. The van der Waals surface area contributed by atoms with Crippen molar-refractivity contribution in [2.45, 2.75) is 13.8 Å². The van der Waals surface area contributed by atoms with Crippen molar-refractivity contribution >= 4 is 5.82 Å². The summed E-state index contributed by atoms with van der Waals surface area (Å²) in [5, 5.41) is 7.00. The van der Waals surface area contributed by atoms with Crippen molar-refractivity contribution in [2.24, 2.45) is 0 Å². The van der Waals surface area contributed by atoms with Gasteiger partial charge in [-0.25, -0.2) is 9.18 Å². The molecule has 0 unspecified atom stereocenters. The zero-order chi connectivity index (χ0) is 13.0. The molecule has 6 nitrogen and oxygen atoms in total. The molecular weight excluding hydrogens is 217 g/mol. The number of aromatic nitrogens is 2. The molecule has 0 spiro atoms. The Labute approximate surface area is 93.3 Å². The number of anilines is 1. The zero-order valence-corrected chi connectivity index (χ0v) is 9.66. The summed E-state index contributed by atoms with van der Waals surface area (Å²) in [5.41, 5.74) is 4.31. The lowest BCUT2D eigenvalue weighted by Crippen LogP contribution is -2.12. The molecule has 0 saturated carbocycles. The van der Waals surface area contributed by atoms with Gasteiger partial charge in [0.2, 0.25) is 0 Å². The van der Waals surface area contributed by atoms with Crippen LogP contribution in [-0.4, -0.2) is 35.4 Å². The smallest absolute Gasteiger partial charge is 0.346 e. The molecule has 1 aromatic rings. The summed E-state index contributed by atoms with van der Waals surface area (Å²) in [5.74, 6) is -0.996. The van der Waals surface area contributed by atoms with E-state index < -0.39 is 11.5 Å². The number of hydrogen-bond donors (Lipinski definition) is 3. The highest BCUT2D eigenvalue weighted by atomic mass is 19.1. The van der Waals surface area contributed by atoms with E-state index in [9.17, 15) is 9.18 Å². The Balaban J connectivity index is 0. The van der Waals surface area contributed by atoms with E-state index in [1.807, 2.05) is 18.8 Å². The van der Waals surface area contributed by atoms with Crippen molar-refractivity contribution < 1.29 is 14.2 Å². The average Bonchev–Trinajstić information content (AvgIpc) is 2.29. The summed E-state index contributed by atoms with van der Waals surface area (Å²) in [6, 6.07) is 0. The molecule has 0 atom stereocenters. The Morgan fingerprint density at radius 1 is 1.50 bits per heavy atom. The number of aliphatic hydroxyl groups excluding tert-OH is 1. The minimum absolute atomic E-state index is 0.282. The number of ether oxygens (including phenoxy) is 1. The Hall–Kier alpha value is -1.47. The molecule has 0 amide bonds. The van der Waals surface area contributed by atoms with E-state index in [-0.39, 0.29) is 5.82 Å². The molecule has 7 heteroatoms. The van der Waals surface area contributed by atoms with Crippen LogP contribution in [0.3, 0.4) is 0 Å². The highest BCUT2D eigenvalue weighted by Crippen LogP contribution is 1.96. The van der Waals surface area contributed by atoms with Crippen molar-refractivity contribution in [2.75, 3.05) is 26.1 Å². The van der Waals surface area contributed by atoms with E-state index >= 15 is 0 Å². The number of nitrogen functional groups attached to an aromatic ring is 1. The third kappa shape index (κ3) is 9.10. The SMILES string of the molecule is CCOCC.CO.Nc1[nH]c(=O)ncc1F. The first-order valence-corrected chi connectivity index (χ1v) is 4.64. The molecule has 0 aliphatic rings. The van der Waals surface area contributed by atoms with Crippen LogP contribution in [-0.2, 0) is 4.74 Å². The Kier molecular flexibility index (Phi) is 12.3. The van der Waals surface area contributed by atoms with Crippen molar-refractivity contribution in [3.05, 3.63) is 22.5 Å². The fraction of sp³-hybridized carbons (Fsp3) is 0.556. The Morgan fingerprint density at radius 3 is 2.25 bits per heavy atom. The molecule has 16 heavy (non-hydrogen) atoms. The number of halogens is 1.